The Morgan fingerprint density at radius 2 is 1.77 bits per heavy atom. The lowest BCUT2D eigenvalue weighted by molar-refractivity contribution is 0.534. The maximum Gasteiger partial charge on any atom is 0.226 e. The summed E-state index contributed by atoms with van der Waals surface area (Å²) < 4.78 is 0. The van der Waals surface area contributed by atoms with Crippen LogP contribution in [0.25, 0.3) is 10.8 Å². The van der Waals surface area contributed by atoms with Gasteiger partial charge in [0, 0.05) is 19.6 Å². The third-order valence-electron chi connectivity index (χ3n) is 6.16. The average molecular weight is 409 g/mol. The molecule has 0 radical (unpaired) electrons. The van der Waals surface area contributed by atoms with Crippen molar-refractivity contribution in [3.63, 3.8) is 0 Å². The minimum Gasteiger partial charge on any atom is -0.352 e. The Balaban J connectivity index is 1.31. The monoisotopic (exact) mass is 408 g/mol. The maximum atomic E-state index is 4.96. The van der Waals surface area contributed by atoms with E-state index in [2.05, 4.69) is 93.9 Å². The average Bonchev–Trinajstić information content (AvgIpc) is 3.24. The van der Waals surface area contributed by atoms with Crippen LogP contribution in [-0.4, -0.2) is 16.5 Å². The first-order chi connectivity index (χ1) is 15.3. The smallest absolute Gasteiger partial charge is 0.226 e. The lowest BCUT2D eigenvalue weighted by Gasteiger charge is -2.32. The number of fused-ring (bicyclic) bond motifs is 1. The largest absolute Gasteiger partial charge is 0.352 e. The summed E-state index contributed by atoms with van der Waals surface area (Å²) >= 11 is 0. The Morgan fingerprint density at radius 1 is 0.935 bits per heavy atom. The molecule has 154 valence electrons. The van der Waals surface area contributed by atoms with Gasteiger partial charge >= 0.3 is 0 Å². The molecule has 0 aliphatic carbocycles. The number of benzene rings is 3. The molecule has 0 fully saturated rings. The molecule has 0 saturated heterocycles. The zero-order valence-corrected chi connectivity index (χ0v) is 17.2. The predicted octanol–water partition coefficient (Wildman–Crippen LogP) is 4.62. The number of hydrogen-bond donors (Lipinski definition) is 3. The Morgan fingerprint density at radius 3 is 2.71 bits per heavy atom. The van der Waals surface area contributed by atoms with Crippen LogP contribution < -0.4 is 21.1 Å². The highest BCUT2D eigenvalue weighted by molar-refractivity contribution is 5.85. The number of rotatable bonds is 5. The summed E-state index contributed by atoms with van der Waals surface area (Å²) in [6.45, 7) is 2.48. The molecular formula is C25H24N6. The Bertz CT molecular complexity index is 1230. The third kappa shape index (κ3) is 3.35. The van der Waals surface area contributed by atoms with Crippen LogP contribution in [0.3, 0.4) is 0 Å². The van der Waals surface area contributed by atoms with E-state index in [4.69, 9.17) is 9.97 Å². The summed E-state index contributed by atoms with van der Waals surface area (Å²) in [5.74, 6) is 2.55. The highest BCUT2D eigenvalue weighted by Gasteiger charge is 2.34. The highest BCUT2D eigenvalue weighted by atomic mass is 15.4. The van der Waals surface area contributed by atoms with Crippen LogP contribution in [0.5, 0.6) is 0 Å². The molecule has 4 aromatic rings. The number of aromatic nitrogens is 2. The zero-order chi connectivity index (χ0) is 20.6. The summed E-state index contributed by atoms with van der Waals surface area (Å²) in [5.41, 5.74) is 10.3. The molecule has 3 heterocycles. The van der Waals surface area contributed by atoms with E-state index in [-0.39, 0.29) is 6.04 Å². The quantitative estimate of drug-likeness (QED) is 0.448. The number of nitrogens with zero attached hydrogens (tertiary/aromatic N) is 3. The van der Waals surface area contributed by atoms with E-state index in [1.165, 1.54) is 27.5 Å². The summed E-state index contributed by atoms with van der Waals surface area (Å²) in [7, 11) is 0. The summed E-state index contributed by atoms with van der Waals surface area (Å²) in [6, 6.07) is 25.7. The van der Waals surface area contributed by atoms with Crippen molar-refractivity contribution in [2.75, 3.05) is 22.2 Å². The summed E-state index contributed by atoms with van der Waals surface area (Å²) in [4.78, 5) is 12.1. The van der Waals surface area contributed by atoms with Gasteiger partial charge in [-0.05, 0) is 28.3 Å². The molecule has 6 rings (SSSR count). The molecule has 6 nitrogen and oxygen atoms in total. The van der Waals surface area contributed by atoms with Crippen molar-refractivity contribution in [3.05, 3.63) is 89.5 Å². The standard InChI is InChI=1S/C25H24N6/c1-2-7-17(8-3-1)16-31-14-13-21-22-23(30-29-21)27-25(28-24(22)31)26-15-19-11-6-10-18-9-4-5-12-20(18)19/h1-12,21,29H,13-16H2,(H2,26,27,28,30). The molecule has 3 N–H and O–H groups in total. The molecule has 0 amide bonds. The molecule has 6 heteroatoms. The second kappa shape index (κ2) is 7.56. The van der Waals surface area contributed by atoms with Crippen molar-refractivity contribution >= 4 is 28.4 Å². The van der Waals surface area contributed by atoms with Crippen LogP contribution in [0.1, 0.15) is 29.2 Å². The Kier molecular flexibility index (Phi) is 4.43. The van der Waals surface area contributed by atoms with Gasteiger partial charge in [-0.25, -0.2) is 5.43 Å². The molecular weight excluding hydrogens is 384 g/mol. The molecule has 1 aromatic heterocycles. The van der Waals surface area contributed by atoms with E-state index in [9.17, 15) is 0 Å². The van der Waals surface area contributed by atoms with Gasteiger partial charge < -0.3 is 15.6 Å². The number of hydrogen-bond acceptors (Lipinski definition) is 6. The first-order valence-corrected chi connectivity index (χ1v) is 10.8. The highest BCUT2D eigenvalue weighted by Crippen LogP contribution is 2.41. The van der Waals surface area contributed by atoms with Crippen molar-refractivity contribution < 1.29 is 0 Å². The molecule has 1 unspecified atom stereocenters. The minimum absolute atomic E-state index is 0.268. The van der Waals surface area contributed by atoms with E-state index in [0.29, 0.717) is 12.5 Å². The first kappa shape index (κ1) is 18.2. The number of hydrazine groups is 1. The SMILES string of the molecule is c1ccc(CN2CCC3NNc4nc(NCc5cccc6ccccc56)nc2c43)cc1. The number of anilines is 3. The zero-order valence-electron chi connectivity index (χ0n) is 17.2. The Labute approximate surface area is 181 Å². The van der Waals surface area contributed by atoms with Gasteiger partial charge in [-0.1, -0.05) is 72.8 Å². The molecule has 0 spiro atoms. The van der Waals surface area contributed by atoms with E-state index in [1.807, 2.05) is 0 Å². The van der Waals surface area contributed by atoms with Crippen molar-refractivity contribution in [2.24, 2.45) is 0 Å². The molecule has 0 saturated carbocycles. The van der Waals surface area contributed by atoms with E-state index >= 15 is 0 Å². The van der Waals surface area contributed by atoms with Gasteiger partial charge in [0.25, 0.3) is 0 Å². The van der Waals surface area contributed by atoms with Crippen LogP contribution in [0.2, 0.25) is 0 Å². The Hall–Kier alpha value is -3.64. The van der Waals surface area contributed by atoms with Crippen molar-refractivity contribution in [1.29, 1.82) is 0 Å². The van der Waals surface area contributed by atoms with Crippen LogP contribution in [0.15, 0.2) is 72.8 Å². The molecule has 31 heavy (non-hydrogen) atoms. The van der Waals surface area contributed by atoms with Crippen LogP contribution in [0, 0.1) is 0 Å². The van der Waals surface area contributed by atoms with Gasteiger partial charge in [0.05, 0.1) is 11.6 Å². The second-order valence-electron chi connectivity index (χ2n) is 8.14. The first-order valence-electron chi connectivity index (χ1n) is 10.8. The van der Waals surface area contributed by atoms with Gasteiger partial charge in [-0.15, -0.1) is 0 Å². The molecule has 2 aliphatic heterocycles. The molecule has 0 bridgehead atoms. The third-order valence-corrected chi connectivity index (χ3v) is 6.16. The number of nitrogens with one attached hydrogen (secondary N) is 3. The van der Waals surface area contributed by atoms with Crippen molar-refractivity contribution in [1.82, 2.24) is 15.4 Å². The van der Waals surface area contributed by atoms with Gasteiger partial charge in [-0.3, -0.25) is 0 Å². The topological polar surface area (TPSA) is 65.1 Å². The lowest BCUT2D eigenvalue weighted by atomic mass is 10.0. The van der Waals surface area contributed by atoms with Gasteiger partial charge in [0.2, 0.25) is 5.95 Å². The summed E-state index contributed by atoms with van der Waals surface area (Å²) in [6.07, 6.45) is 1.03. The van der Waals surface area contributed by atoms with Crippen molar-refractivity contribution in [2.45, 2.75) is 25.6 Å². The fourth-order valence-corrected chi connectivity index (χ4v) is 4.61. The van der Waals surface area contributed by atoms with Crippen LogP contribution in [-0.2, 0) is 13.1 Å². The molecule has 1 atom stereocenters. The molecule has 2 aliphatic rings. The van der Waals surface area contributed by atoms with E-state index < -0.39 is 0 Å². The second-order valence-corrected chi connectivity index (χ2v) is 8.14. The van der Waals surface area contributed by atoms with Gasteiger partial charge in [0.15, 0.2) is 5.82 Å². The fraction of sp³-hybridized carbons (Fsp3) is 0.200. The predicted molar refractivity (Wildman–Crippen MR) is 125 cm³/mol. The van der Waals surface area contributed by atoms with Crippen LogP contribution >= 0.6 is 0 Å². The van der Waals surface area contributed by atoms with Crippen LogP contribution in [0.4, 0.5) is 17.6 Å². The normalized spacial score (nSPS) is 16.8. The van der Waals surface area contributed by atoms with Gasteiger partial charge in [-0.2, -0.15) is 9.97 Å². The minimum atomic E-state index is 0.268. The maximum absolute atomic E-state index is 4.96. The van der Waals surface area contributed by atoms with E-state index in [1.54, 1.807) is 0 Å². The van der Waals surface area contributed by atoms with Crippen molar-refractivity contribution in [3.8, 4) is 0 Å². The summed E-state index contributed by atoms with van der Waals surface area (Å²) in [5, 5.41) is 5.96. The lowest BCUT2D eigenvalue weighted by Crippen LogP contribution is -2.34. The fourth-order valence-electron chi connectivity index (χ4n) is 4.61. The van der Waals surface area contributed by atoms with E-state index in [0.717, 1.165) is 31.1 Å². The van der Waals surface area contributed by atoms with Gasteiger partial charge in [0.1, 0.15) is 5.82 Å². The molecule has 3 aromatic carbocycles.